The van der Waals surface area contributed by atoms with Crippen molar-refractivity contribution in [1.29, 1.82) is 0 Å². The molecule has 200 valence electrons. The van der Waals surface area contributed by atoms with Gasteiger partial charge in [0.05, 0.1) is 25.0 Å². The Balaban J connectivity index is 1.45. The summed E-state index contributed by atoms with van der Waals surface area (Å²) >= 11 is 6.25. The van der Waals surface area contributed by atoms with Crippen LogP contribution in [0.5, 0.6) is 5.75 Å². The second kappa shape index (κ2) is 12.3. The standard InChI is InChI=1S/C29H26ClN3O6/c1-3-4-16-39-29(37)18-8-12-22(13-9-18)33-27(35)24(30)25(28(33)36)31-21-7-5-6-19(17-21)26(34)32-20-10-14-23(38-2)15-11-20/h5-15,17,31H,3-4,16H2,1-2H3,(H,32,34). The normalized spacial score (nSPS) is 12.9. The fourth-order valence-corrected chi connectivity index (χ4v) is 3.96. The minimum Gasteiger partial charge on any atom is -0.497 e. The predicted octanol–water partition coefficient (Wildman–Crippen LogP) is 5.34. The molecule has 9 nitrogen and oxygen atoms in total. The van der Waals surface area contributed by atoms with E-state index in [4.69, 9.17) is 21.1 Å². The average Bonchev–Trinajstić information content (AvgIpc) is 3.16. The fraction of sp³-hybridized carbons (Fsp3) is 0.172. The lowest BCUT2D eigenvalue weighted by atomic mass is 10.1. The number of esters is 1. The van der Waals surface area contributed by atoms with Gasteiger partial charge in [-0.15, -0.1) is 0 Å². The van der Waals surface area contributed by atoms with Crippen LogP contribution in [-0.4, -0.2) is 37.4 Å². The summed E-state index contributed by atoms with van der Waals surface area (Å²) < 4.78 is 10.3. The van der Waals surface area contributed by atoms with E-state index in [1.807, 2.05) is 6.92 Å². The number of ether oxygens (including phenoxy) is 2. The number of unbranched alkanes of at least 4 members (excludes halogenated alkanes) is 1. The van der Waals surface area contributed by atoms with Crippen LogP contribution in [-0.2, 0) is 14.3 Å². The van der Waals surface area contributed by atoms with Gasteiger partial charge in [-0.05, 0) is 73.2 Å². The second-order valence-electron chi connectivity index (χ2n) is 8.56. The molecule has 0 aromatic heterocycles. The SMILES string of the molecule is CCCCOC(=O)c1ccc(N2C(=O)C(Cl)=C(Nc3cccc(C(=O)Nc4ccc(OC)cc4)c3)C2=O)cc1. The van der Waals surface area contributed by atoms with E-state index in [2.05, 4.69) is 10.6 Å². The van der Waals surface area contributed by atoms with Crippen LogP contribution < -0.4 is 20.3 Å². The van der Waals surface area contributed by atoms with Crippen molar-refractivity contribution in [1.82, 2.24) is 0 Å². The van der Waals surface area contributed by atoms with E-state index >= 15 is 0 Å². The summed E-state index contributed by atoms with van der Waals surface area (Å²) in [7, 11) is 1.55. The highest BCUT2D eigenvalue weighted by atomic mass is 35.5. The Morgan fingerprint density at radius 1 is 0.897 bits per heavy atom. The molecular formula is C29H26ClN3O6. The number of halogens is 1. The number of rotatable bonds is 10. The van der Waals surface area contributed by atoms with Gasteiger partial charge in [0.2, 0.25) is 0 Å². The average molecular weight is 548 g/mol. The van der Waals surface area contributed by atoms with Gasteiger partial charge in [-0.1, -0.05) is 31.0 Å². The van der Waals surface area contributed by atoms with Crippen LogP contribution >= 0.6 is 11.6 Å². The number of imide groups is 1. The molecule has 0 fully saturated rings. The molecule has 0 bridgehead atoms. The van der Waals surface area contributed by atoms with Gasteiger partial charge in [0.15, 0.2) is 0 Å². The number of nitrogens with zero attached hydrogens (tertiary/aromatic N) is 1. The van der Waals surface area contributed by atoms with Gasteiger partial charge in [0, 0.05) is 16.9 Å². The molecule has 0 saturated heterocycles. The second-order valence-corrected chi connectivity index (χ2v) is 8.94. The summed E-state index contributed by atoms with van der Waals surface area (Å²) in [6.07, 6.45) is 1.66. The predicted molar refractivity (Wildman–Crippen MR) is 148 cm³/mol. The molecule has 0 spiro atoms. The van der Waals surface area contributed by atoms with Gasteiger partial charge in [0.1, 0.15) is 16.5 Å². The largest absolute Gasteiger partial charge is 0.497 e. The Bertz CT molecular complexity index is 1430. The first-order valence-electron chi connectivity index (χ1n) is 12.2. The van der Waals surface area contributed by atoms with Crippen LogP contribution in [0.25, 0.3) is 0 Å². The number of methoxy groups -OCH3 is 1. The van der Waals surface area contributed by atoms with E-state index in [0.717, 1.165) is 17.7 Å². The number of nitrogens with one attached hydrogen (secondary N) is 2. The van der Waals surface area contributed by atoms with Gasteiger partial charge >= 0.3 is 5.97 Å². The quantitative estimate of drug-likeness (QED) is 0.200. The van der Waals surface area contributed by atoms with Crippen LogP contribution in [0.2, 0.25) is 0 Å². The zero-order valence-corrected chi connectivity index (χ0v) is 22.1. The molecule has 0 atom stereocenters. The third kappa shape index (κ3) is 6.27. The van der Waals surface area contributed by atoms with E-state index in [0.29, 0.717) is 34.9 Å². The number of anilines is 3. The third-order valence-corrected chi connectivity index (χ3v) is 6.21. The van der Waals surface area contributed by atoms with E-state index in [-0.39, 0.29) is 22.3 Å². The molecule has 0 aliphatic carbocycles. The van der Waals surface area contributed by atoms with Crippen molar-refractivity contribution >= 4 is 52.4 Å². The van der Waals surface area contributed by atoms with Crippen LogP contribution in [0.1, 0.15) is 40.5 Å². The first kappa shape index (κ1) is 27.4. The van der Waals surface area contributed by atoms with Crippen molar-refractivity contribution in [3.63, 3.8) is 0 Å². The Labute approximate surface area is 230 Å². The number of benzene rings is 3. The van der Waals surface area contributed by atoms with Gasteiger partial charge in [-0.25, -0.2) is 9.69 Å². The van der Waals surface area contributed by atoms with Gasteiger partial charge in [0.25, 0.3) is 17.7 Å². The van der Waals surface area contributed by atoms with E-state index < -0.39 is 17.8 Å². The first-order chi connectivity index (χ1) is 18.8. The molecule has 3 aromatic carbocycles. The van der Waals surface area contributed by atoms with Gasteiger partial charge < -0.3 is 20.1 Å². The molecule has 3 aromatic rings. The van der Waals surface area contributed by atoms with Crippen molar-refractivity contribution in [3.05, 3.63) is 94.7 Å². The van der Waals surface area contributed by atoms with Crippen LogP contribution in [0.4, 0.5) is 17.1 Å². The minimum absolute atomic E-state index is 0.127. The summed E-state index contributed by atoms with van der Waals surface area (Å²) in [5, 5.41) is 5.36. The van der Waals surface area contributed by atoms with E-state index in [1.165, 1.54) is 30.3 Å². The molecule has 0 saturated carbocycles. The molecule has 1 aliphatic rings. The lowest BCUT2D eigenvalue weighted by molar-refractivity contribution is -0.120. The lowest BCUT2D eigenvalue weighted by Crippen LogP contribution is -2.32. The van der Waals surface area contributed by atoms with E-state index in [1.54, 1.807) is 49.6 Å². The maximum Gasteiger partial charge on any atom is 0.338 e. The molecule has 1 aliphatic heterocycles. The van der Waals surface area contributed by atoms with Crippen molar-refractivity contribution in [2.24, 2.45) is 0 Å². The molecular weight excluding hydrogens is 522 g/mol. The zero-order chi connectivity index (χ0) is 27.9. The lowest BCUT2D eigenvalue weighted by Gasteiger charge is -2.15. The maximum absolute atomic E-state index is 13.2. The molecule has 2 N–H and O–H groups in total. The smallest absolute Gasteiger partial charge is 0.338 e. The number of hydrogen-bond acceptors (Lipinski definition) is 7. The monoisotopic (exact) mass is 547 g/mol. The molecule has 0 radical (unpaired) electrons. The number of amides is 3. The molecule has 4 rings (SSSR count). The first-order valence-corrected chi connectivity index (χ1v) is 12.6. The summed E-state index contributed by atoms with van der Waals surface area (Å²) in [6, 6.07) is 19.2. The molecule has 10 heteroatoms. The van der Waals surface area contributed by atoms with Crippen LogP contribution in [0, 0.1) is 0 Å². The van der Waals surface area contributed by atoms with Crippen molar-refractivity contribution in [2.45, 2.75) is 19.8 Å². The van der Waals surface area contributed by atoms with Crippen molar-refractivity contribution < 1.29 is 28.7 Å². The molecule has 3 amide bonds. The summed E-state index contributed by atoms with van der Waals surface area (Å²) in [5.41, 5.74) is 1.71. The van der Waals surface area contributed by atoms with Crippen molar-refractivity contribution in [2.75, 3.05) is 29.3 Å². The number of carbonyl (C=O) groups is 4. The third-order valence-electron chi connectivity index (χ3n) is 5.86. The Hall–Kier alpha value is -4.63. The highest BCUT2D eigenvalue weighted by Crippen LogP contribution is 2.30. The highest BCUT2D eigenvalue weighted by Gasteiger charge is 2.39. The van der Waals surface area contributed by atoms with Crippen LogP contribution in [0.3, 0.4) is 0 Å². The maximum atomic E-state index is 13.2. The summed E-state index contributed by atoms with van der Waals surface area (Å²) in [6.45, 7) is 2.31. The van der Waals surface area contributed by atoms with E-state index in [9.17, 15) is 19.2 Å². The highest BCUT2D eigenvalue weighted by molar-refractivity contribution is 6.53. The minimum atomic E-state index is -0.712. The van der Waals surface area contributed by atoms with Crippen LogP contribution in [0.15, 0.2) is 83.5 Å². The van der Waals surface area contributed by atoms with Crippen molar-refractivity contribution in [3.8, 4) is 5.75 Å². The fourth-order valence-electron chi connectivity index (χ4n) is 3.75. The Morgan fingerprint density at radius 2 is 1.62 bits per heavy atom. The molecule has 39 heavy (non-hydrogen) atoms. The Morgan fingerprint density at radius 3 is 2.28 bits per heavy atom. The summed E-state index contributed by atoms with van der Waals surface area (Å²) in [4.78, 5) is 51.8. The summed E-state index contributed by atoms with van der Waals surface area (Å²) in [5.74, 6) is -1.57. The molecule has 0 unspecified atom stereocenters. The number of carbonyl (C=O) groups excluding carboxylic acids is 4. The number of hydrogen-bond donors (Lipinski definition) is 2. The Kier molecular flexibility index (Phi) is 8.63. The topological polar surface area (TPSA) is 114 Å². The van der Waals surface area contributed by atoms with Gasteiger partial charge in [-0.3, -0.25) is 14.4 Å². The van der Waals surface area contributed by atoms with Gasteiger partial charge in [-0.2, -0.15) is 0 Å². The molecule has 1 heterocycles. The zero-order valence-electron chi connectivity index (χ0n) is 21.3.